The molecule has 0 bridgehead atoms. The molecular weight excluding hydrogens is 320 g/mol. The van der Waals surface area contributed by atoms with Crippen molar-refractivity contribution >= 4 is 23.3 Å². The van der Waals surface area contributed by atoms with Crippen LogP contribution in [0.4, 0.5) is 16.2 Å². The summed E-state index contributed by atoms with van der Waals surface area (Å²) in [7, 11) is 1.69. The number of aromatic nitrogens is 1. The van der Waals surface area contributed by atoms with Crippen molar-refractivity contribution in [2.24, 2.45) is 0 Å². The lowest BCUT2D eigenvalue weighted by Gasteiger charge is -2.17. The minimum absolute atomic E-state index is 0.0744. The molecule has 0 aliphatic rings. The van der Waals surface area contributed by atoms with Crippen LogP contribution in [0.15, 0.2) is 28.8 Å². The van der Waals surface area contributed by atoms with Gasteiger partial charge in [-0.1, -0.05) is 11.2 Å². The first-order valence-corrected chi connectivity index (χ1v) is 8.11. The molecule has 0 saturated carbocycles. The molecule has 2 N–H and O–H groups in total. The molecule has 2 aromatic rings. The van der Waals surface area contributed by atoms with Crippen LogP contribution in [0.3, 0.4) is 0 Å². The Balaban J connectivity index is 1.96. The summed E-state index contributed by atoms with van der Waals surface area (Å²) < 4.78 is 5.14. The van der Waals surface area contributed by atoms with E-state index in [0.29, 0.717) is 17.8 Å². The van der Waals surface area contributed by atoms with Crippen molar-refractivity contribution in [1.82, 2.24) is 10.5 Å². The average Bonchev–Trinajstić information content (AvgIpc) is 2.86. The van der Waals surface area contributed by atoms with E-state index in [9.17, 15) is 9.59 Å². The highest BCUT2D eigenvalue weighted by Gasteiger charge is 2.15. The van der Waals surface area contributed by atoms with E-state index in [1.54, 1.807) is 25.2 Å². The van der Waals surface area contributed by atoms with Gasteiger partial charge in [0.15, 0.2) is 0 Å². The van der Waals surface area contributed by atoms with Crippen LogP contribution in [-0.2, 0) is 11.2 Å². The number of carbonyl (C=O) groups is 2. The van der Waals surface area contributed by atoms with Crippen molar-refractivity contribution in [3.05, 3.63) is 41.3 Å². The summed E-state index contributed by atoms with van der Waals surface area (Å²) in [6.45, 7) is 7.16. The number of nitrogens with one attached hydrogen (secondary N) is 2. The average molecular weight is 344 g/mol. The lowest BCUT2D eigenvalue weighted by Crippen LogP contribution is -2.37. The van der Waals surface area contributed by atoms with E-state index in [0.717, 1.165) is 17.0 Å². The van der Waals surface area contributed by atoms with Gasteiger partial charge < -0.3 is 20.1 Å². The maximum atomic E-state index is 12.2. The van der Waals surface area contributed by atoms with Gasteiger partial charge >= 0.3 is 6.03 Å². The molecule has 1 aromatic heterocycles. The Bertz CT molecular complexity index is 750. The number of aryl methyl sites for hydroxylation is 2. The molecule has 2 rings (SSSR count). The van der Waals surface area contributed by atoms with Crippen LogP contribution in [0.5, 0.6) is 0 Å². The standard InChI is InChI=1S/C18H24N4O3/c1-11(9-17-12(2)21-25-13(17)3)19-18(24)20-15-7-6-8-16(10-15)22(5)14(4)23/h6-8,10-11H,9H2,1-5H3,(H2,19,20,24). The number of anilines is 2. The van der Waals surface area contributed by atoms with Crippen LogP contribution in [0.25, 0.3) is 0 Å². The predicted molar refractivity (Wildman–Crippen MR) is 96.8 cm³/mol. The minimum Gasteiger partial charge on any atom is -0.361 e. The number of carbonyl (C=O) groups excluding carboxylic acids is 2. The second kappa shape index (κ2) is 7.83. The molecule has 0 spiro atoms. The molecule has 134 valence electrons. The van der Waals surface area contributed by atoms with E-state index in [-0.39, 0.29) is 18.0 Å². The zero-order valence-electron chi connectivity index (χ0n) is 15.2. The SMILES string of the molecule is CC(=O)N(C)c1cccc(NC(=O)NC(C)Cc2c(C)noc2C)c1. The van der Waals surface area contributed by atoms with Crippen molar-refractivity contribution in [2.45, 2.75) is 40.2 Å². The van der Waals surface area contributed by atoms with Gasteiger partial charge in [0.1, 0.15) is 5.76 Å². The van der Waals surface area contributed by atoms with E-state index in [4.69, 9.17) is 4.52 Å². The van der Waals surface area contributed by atoms with E-state index in [1.807, 2.05) is 26.8 Å². The lowest BCUT2D eigenvalue weighted by molar-refractivity contribution is -0.116. The number of rotatable bonds is 5. The molecular formula is C18H24N4O3. The van der Waals surface area contributed by atoms with Crippen LogP contribution in [0.2, 0.25) is 0 Å². The van der Waals surface area contributed by atoms with Crippen molar-refractivity contribution in [2.75, 3.05) is 17.3 Å². The predicted octanol–water partition coefficient (Wildman–Crippen LogP) is 3.03. The fourth-order valence-electron chi connectivity index (χ4n) is 2.52. The molecule has 0 aliphatic carbocycles. The Morgan fingerprint density at radius 2 is 2.04 bits per heavy atom. The Labute approximate surface area is 147 Å². The smallest absolute Gasteiger partial charge is 0.319 e. The first kappa shape index (κ1) is 18.5. The van der Waals surface area contributed by atoms with Crippen LogP contribution >= 0.6 is 0 Å². The maximum absolute atomic E-state index is 12.2. The Morgan fingerprint density at radius 3 is 2.64 bits per heavy atom. The molecule has 7 heteroatoms. The second-order valence-corrected chi connectivity index (χ2v) is 6.13. The van der Waals surface area contributed by atoms with Crippen LogP contribution in [0.1, 0.15) is 30.9 Å². The van der Waals surface area contributed by atoms with E-state index in [1.165, 1.54) is 11.8 Å². The van der Waals surface area contributed by atoms with Crippen molar-refractivity contribution in [1.29, 1.82) is 0 Å². The summed E-state index contributed by atoms with van der Waals surface area (Å²) in [5.74, 6) is 0.696. The molecule has 1 heterocycles. The van der Waals surface area contributed by atoms with E-state index >= 15 is 0 Å². The summed E-state index contributed by atoms with van der Waals surface area (Å²) in [5.41, 5.74) is 3.19. The van der Waals surface area contributed by atoms with Gasteiger partial charge in [-0.15, -0.1) is 0 Å². The summed E-state index contributed by atoms with van der Waals surface area (Å²) in [4.78, 5) is 25.2. The third-order valence-corrected chi connectivity index (χ3v) is 4.03. The van der Waals surface area contributed by atoms with E-state index < -0.39 is 0 Å². The number of amides is 3. The fourth-order valence-corrected chi connectivity index (χ4v) is 2.52. The zero-order valence-corrected chi connectivity index (χ0v) is 15.2. The van der Waals surface area contributed by atoms with Gasteiger partial charge in [0.25, 0.3) is 0 Å². The Kier molecular flexibility index (Phi) is 5.80. The molecule has 0 saturated heterocycles. The summed E-state index contributed by atoms with van der Waals surface area (Å²) in [6, 6.07) is 6.74. The van der Waals surface area contributed by atoms with Gasteiger partial charge in [-0.25, -0.2) is 4.79 Å². The minimum atomic E-state index is -0.304. The van der Waals surface area contributed by atoms with Crippen LogP contribution in [0, 0.1) is 13.8 Å². The Hall–Kier alpha value is -2.83. The number of benzene rings is 1. The Morgan fingerprint density at radius 1 is 1.32 bits per heavy atom. The van der Waals surface area contributed by atoms with Crippen molar-refractivity contribution in [3.8, 4) is 0 Å². The molecule has 0 aliphatic heterocycles. The number of urea groups is 1. The number of nitrogens with zero attached hydrogens (tertiary/aromatic N) is 2. The summed E-state index contributed by atoms with van der Waals surface area (Å²) in [5, 5.41) is 9.60. The molecule has 1 unspecified atom stereocenters. The van der Waals surface area contributed by atoms with E-state index in [2.05, 4.69) is 15.8 Å². The molecule has 1 aromatic carbocycles. The normalized spacial score (nSPS) is 11.7. The van der Waals surface area contributed by atoms with Gasteiger partial charge in [0.2, 0.25) is 5.91 Å². The first-order chi connectivity index (χ1) is 11.8. The quantitative estimate of drug-likeness (QED) is 0.873. The monoisotopic (exact) mass is 344 g/mol. The highest BCUT2D eigenvalue weighted by molar-refractivity contribution is 5.93. The van der Waals surface area contributed by atoms with Crippen molar-refractivity contribution in [3.63, 3.8) is 0 Å². The lowest BCUT2D eigenvalue weighted by atomic mass is 10.1. The van der Waals surface area contributed by atoms with Crippen LogP contribution in [-0.4, -0.2) is 30.2 Å². The highest BCUT2D eigenvalue weighted by atomic mass is 16.5. The molecule has 1 atom stereocenters. The third kappa shape index (κ3) is 4.82. The van der Waals surface area contributed by atoms with Gasteiger partial charge in [-0.3, -0.25) is 4.79 Å². The largest absolute Gasteiger partial charge is 0.361 e. The van der Waals surface area contributed by atoms with Crippen LogP contribution < -0.4 is 15.5 Å². The summed E-state index contributed by atoms with van der Waals surface area (Å²) >= 11 is 0. The molecule has 0 fully saturated rings. The number of hydrogen-bond donors (Lipinski definition) is 2. The molecule has 3 amide bonds. The second-order valence-electron chi connectivity index (χ2n) is 6.13. The molecule has 7 nitrogen and oxygen atoms in total. The molecule has 25 heavy (non-hydrogen) atoms. The zero-order chi connectivity index (χ0) is 18.6. The summed E-state index contributed by atoms with van der Waals surface area (Å²) in [6.07, 6.45) is 0.641. The molecule has 0 radical (unpaired) electrons. The van der Waals surface area contributed by atoms with Crippen molar-refractivity contribution < 1.29 is 14.1 Å². The highest BCUT2D eigenvalue weighted by Crippen LogP contribution is 2.19. The topological polar surface area (TPSA) is 87.5 Å². The third-order valence-electron chi connectivity index (χ3n) is 4.03. The first-order valence-electron chi connectivity index (χ1n) is 8.11. The van der Waals surface area contributed by atoms with Gasteiger partial charge in [-0.05, 0) is 45.4 Å². The fraction of sp³-hybridized carbons (Fsp3) is 0.389. The van der Waals surface area contributed by atoms with Gasteiger partial charge in [0, 0.05) is 37.0 Å². The number of hydrogen-bond acceptors (Lipinski definition) is 4. The maximum Gasteiger partial charge on any atom is 0.319 e. The van der Waals surface area contributed by atoms with Gasteiger partial charge in [0.05, 0.1) is 5.69 Å². The van der Waals surface area contributed by atoms with Gasteiger partial charge in [-0.2, -0.15) is 0 Å².